The molecule has 1 aromatic carbocycles. The summed E-state index contributed by atoms with van der Waals surface area (Å²) in [5.41, 5.74) is 0.872. The van der Waals surface area contributed by atoms with Gasteiger partial charge in [0.25, 0.3) is 0 Å². The van der Waals surface area contributed by atoms with Crippen molar-refractivity contribution in [2.24, 2.45) is 0 Å². The number of nitrogens with zero attached hydrogens (tertiary/aromatic N) is 2. The van der Waals surface area contributed by atoms with Crippen LogP contribution >= 0.6 is 23.4 Å². The Labute approximate surface area is 128 Å². The molecule has 2 rings (SSSR count). The number of pyridine rings is 1. The summed E-state index contributed by atoms with van der Waals surface area (Å²) in [6.45, 7) is 1.86. The third-order valence-electron chi connectivity index (χ3n) is 2.83. The van der Waals surface area contributed by atoms with E-state index in [1.807, 2.05) is 37.3 Å². The molecule has 0 aliphatic carbocycles. The van der Waals surface area contributed by atoms with E-state index in [2.05, 4.69) is 4.98 Å². The maximum absolute atomic E-state index is 12.4. The fourth-order valence-electron chi connectivity index (χ4n) is 1.73. The van der Waals surface area contributed by atoms with Gasteiger partial charge in [-0.05, 0) is 31.2 Å². The molecule has 20 heavy (non-hydrogen) atoms. The second-order valence-electron chi connectivity index (χ2n) is 4.28. The molecular weight excluding hydrogens is 292 g/mol. The Hall–Kier alpha value is -1.52. The lowest BCUT2D eigenvalue weighted by molar-refractivity contribution is -0.117. The zero-order valence-electron chi connectivity index (χ0n) is 11.3. The predicted octanol–water partition coefficient (Wildman–Crippen LogP) is 3.88. The van der Waals surface area contributed by atoms with E-state index in [1.165, 1.54) is 11.8 Å². The number of carbonyl (C=O) groups is 1. The number of rotatable bonds is 4. The van der Waals surface area contributed by atoms with Crippen LogP contribution < -0.4 is 4.90 Å². The number of hydrogen-bond acceptors (Lipinski definition) is 3. The first-order valence-corrected chi connectivity index (χ1v) is 7.45. The molecule has 1 atom stereocenters. The number of benzene rings is 1. The predicted molar refractivity (Wildman–Crippen MR) is 84.4 cm³/mol. The van der Waals surface area contributed by atoms with Gasteiger partial charge < -0.3 is 4.90 Å². The van der Waals surface area contributed by atoms with Crippen molar-refractivity contribution in [3.8, 4) is 0 Å². The standard InChI is InChI=1S/C15H15ClN2OS/c1-11(20-14-13(16)9-6-10-17-14)15(19)18(2)12-7-4-3-5-8-12/h3-11H,1-2H3. The van der Waals surface area contributed by atoms with Crippen LogP contribution in [0.1, 0.15) is 6.92 Å². The van der Waals surface area contributed by atoms with Crippen molar-refractivity contribution in [3.63, 3.8) is 0 Å². The number of hydrogen-bond donors (Lipinski definition) is 0. The molecule has 0 aliphatic rings. The zero-order chi connectivity index (χ0) is 14.5. The summed E-state index contributed by atoms with van der Waals surface area (Å²) in [6, 6.07) is 13.1. The SMILES string of the molecule is CC(Sc1ncccc1Cl)C(=O)N(C)c1ccccc1. The minimum Gasteiger partial charge on any atom is -0.315 e. The lowest BCUT2D eigenvalue weighted by atomic mass is 10.3. The number of amides is 1. The second-order valence-corrected chi connectivity index (χ2v) is 6.02. The Morgan fingerprint density at radius 2 is 1.95 bits per heavy atom. The second kappa shape index (κ2) is 6.77. The van der Waals surface area contributed by atoms with Crippen molar-refractivity contribution in [2.75, 3.05) is 11.9 Å². The number of aromatic nitrogens is 1. The van der Waals surface area contributed by atoms with Gasteiger partial charge >= 0.3 is 0 Å². The van der Waals surface area contributed by atoms with Gasteiger partial charge in [0.15, 0.2) is 0 Å². The molecule has 1 aromatic heterocycles. The molecular formula is C15H15ClN2OS. The Kier molecular flexibility index (Phi) is 5.04. The van der Waals surface area contributed by atoms with Crippen LogP contribution in [0.15, 0.2) is 53.7 Å². The zero-order valence-corrected chi connectivity index (χ0v) is 12.9. The summed E-state index contributed by atoms with van der Waals surface area (Å²) < 4.78 is 0. The van der Waals surface area contributed by atoms with Gasteiger partial charge in [-0.15, -0.1) is 0 Å². The number of thioether (sulfide) groups is 1. The van der Waals surface area contributed by atoms with Crippen molar-refractivity contribution in [3.05, 3.63) is 53.7 Å². The lowest BCUT2D eigenvalue weighted by Gasteiger charge is -2.21. The van der Waals surface area contributed by atoms with Gasteiger partial charge in [-0.2, -0.15) is 0 Å². The molecule has 0 aliphatic heterocycles. The van der Waals surface area contributed by atoms with Gasteiger partial charge in [0, 0.05) is 18.9 Å². The monoisotopic (exact) mass is 306 g/mol. The third-order valence-corrected chi connectivity index (χ3v) is 4.36. The number of halogens is 1. The molecule has 0 N–H and O–H groups in total. The summed E-state index contributed by atoms with van der Waals surface area (Å²) in [5.74, 6) is 0.0166. The molecule has 3 nitrogen and oxygen atoms in total. The van der Waals surface area contributed by atoms with Crippen LogP contribution in [0.4, 0.5) is 5.69 Å². The maximum atomic E-state index is 12.4. The fourth-order valence-corrected chi connectivity index (χ4v) is 2.88. The first kappa shape index (κ1) is 14.9. The fraction of sp³-hybridized carbons (Fsp3) is 0.200. The Morgan fingerprint density at radius 1 is 1.25 bits per heavy atom. The summed E-state index contributed by atoms with van der Waals surface area (Å²) in [4.78, 5) is 18.2. The topological polar surface area (TPSA) is 33.2 Å². The Bertz CT molecular complexity index is 591. The van der Waals surface area contributed by atoms with E-state index in [9.17, 15) is 4.79 Å². The van der Waals surface area contributed by atoms with Gasteiger partial charge in [0.05, 0.1) is 10.3 Å². The first-order chi connectivity index (χ1) is 9.59. The normalized spacial score (nSPS) is 11.9. The first-order valence-electron chi connectivity index (χ1n) is 6.19. The van der Waals surface area contributed by atoms with E-state index in [0.717, 1.165) is 5.69 Å². The molecule has 0 saturated carbocycles. The molecule has 2 aromatic rings. The summed E-state index contributed by atoms with van der Waals surface area (Å²) in [6.07, 6.45) is 1.67. The average molecular weight is 307 g/mol. The van der Waals surface area contributed by atoms with Crippen LogP contribution in [0, 0.1) is 0 Å². The Balaban J connectivity index is 2.08. The quantitative estimate of drug-likeness (QED) is 0.804. The van der Waals surface area contributed by atoms with Crippen LogP contribution in [0.25, 0.3) is 0 Å². The highest BCUT2D eigenvalue weighted by atomic mass is 35.5. The number of anilines is 1. The van der Waals surface area contributed by atoms with E-state index in [-0.39, 0.29) is 11.2 Å². The molecule has 104 valence electrons. The van der Waals surface area contributed by atoms with E-state index in [0.29, 0.717) is 10.0 Å². The minimum absolute atomic E-state index is 0.0166. The molecule has 0 fully saturated rings. The summed E-state index contributed by atoms with van der Waals surface area (Å²) in [7, 11) is 1.77. The van der Waals surface area contributed by atoms with E-state index < -0.39 is 0 Å². The number of carbonyl (C=O) groups excluding carboxylic acids is 1. The van der Waals surface area contributed by atoms with E-state index in [4.69, 9.17) is 11.6 Å². The third kappa shape index (κ3) is 3.52. The van der Waals surface area contributed by atoms with Crippen molar-refractivity contribution in [2.45, 2.75) is 17.2 Å². The molecule has 0 saturated heterocycles. The van der Waals surface area contributed by atoms with Crippen molar-refractivity contribution < 1.29 is 4.79 Å². The molecule has 5 heteroatoms. The van der Waals surface area contributed by atoms with Gasteiger partial charge in [0.2, 0.25) is 5.91 Å². The van der Waals surface area contributed by atoms with E-state index in [1.54, 1.807) is 30.3 Å². The van der Waals surface area contributed by atoms with Gasteiger partial charge in [-0.3, -0.25) is 4.79 Å². The molecule has 0 spiro atoms. The summed E-state index contributed by atoms with van der Waals surface area (Å²) >= 11 is 7.43. The van der Waals surface area contributed by atoms with Gasteiger partial charge in [-0.1, -0.05) is 41.6 Å². The van der Waals surface area contributed by atoms with Crippen LogP contribution in [-0.4, -0.2) is 23.2 Å². The van der Waals surface area contributed by atoms with E-state index >= 15 is 0 Å². The van der Waals surface area contributed by atoms with Gasteiger partial charge in [-0.25, -0.2) is 4.98 Å². The van der Waals surface area contributed by atoms with Crippen molar-refractivity contribution in [1.82, 2.24) is 4.98 Å². The maximum Gasteiger partial charge on any atom is 0.239 e. The summed E-state index contributed by atoms with van der Waals surface area (Å²) in [5, 5.41) is 0.989. The lowest BCUT2D eigenvalue weighted by Crippen LogP contribution is -2.33. The van der Waals surface area contributed by atoms with Crippen LogP contribution in [0.3, 0.4) is 0 Å². The smallest absolute Gasteiger partial charge is 0.239 e. The Morgan fingerprint density at radius 3 is 2.60 bits per heavy atom. The highest BCUT2D eigenvalue weighted by molar-refractivity contribution is 8.00. The number of para-hydroxylation sites is 1. The van der Waals surface area contributed by atoms with Gasteiger partial charge in [0.1, 0.15) is 5.03 Å². The highest BCUT2D eigenvalue weighted by Gasteiger charge is 2.21. The molecule has 1 amide bonds. The minimum atomic E-state index is -0.257. The van der Waals surface area contributed by atoms with Crippen LogP contribution in [0.2, 0.25) is 5.02 Å². The average Bonchev–Trinajstić information content (AvgIpc) is 2.49. The highest BCUT2D eigenvalue weighted by Crippen LogP contribution is 2.29. The molecule has 1 heterocycles. The molecule has 0 bridgehead atoms. The largest absolute Gasteiger partial charge is 0.315 e. The van der Waals surface area contributed by atoms with Crippen LogP contribution in [-0.2, 0) is 4.79 Å². The molecule has 0 radical (unpaired) electrons. The van der Waals surface area contributed by atoms with Crippen molar-refractivity contribution in [1.29, 1.82) is 0 Å². The van der Waals surface area contributed by atoms with Crippen molar-refractivity contribution >= 4 is 35.0 Å². The van der Waals surface area contributed by atoms with Crippen LogP contribution in [0.5, 0.6) is 0 Å². The molecule has 1 unspecified atom stereocenters.